The van der Waals surface area contributed by atoms with E-state index in [0.29, 0.717) is 0 Å². The van der Waals surface area contributed by atoms with Crippen molar-refractivity contribution in [1.82, 2.24) is 0 Å². The maximum Gasteiger partial charge on any atom is 0.0714 e. The van der Waals surface area contributed by atoms with Crippen molar-refractivity contribution in [2.75, 3.05) is 9.80 Å². The summed E-state index contributed by atoms with van der Waals surface area (Å²) in [6.07, 6.45) is 0. The van der Waals surface area contributed by atoms with Crippen molar-refractivity contribution in [2.45, 2.75) is 10.8 Å². The number of anilines is 6. The van der Waals surface area contributed by atoms with Crippen LogP contribution in [0.25, 0.3) is 66.4 Å². The van der Waals surface area contributed by atoms with Gasteiger partial charge in [0.05, 0.1) is 16.5 Å². The minimum Gasteiger partial charge on any atom is -0.310 e. The summed E-state index contributed by atoms with van der Waals surface area (Å²) in [4.78, 5) is 4.92. The largest absolute Gasteiger partial charge is 0.310 e. The van der Waals surface area contributed by atoms with Crippen molar-refractivity contribution in [3.8, 4) is 55.6 Å². The zero-order valence-corrected chi connectivity index (χ0v) is 50.7. The molecule has 0 spiro atoms. The Labute approximate surface area is 538 Å². The summed E-state index contributed by atoms with van der Waals surface area (Å²) in [6.45, 7) is 0. The highest BCUT2D eigenvalue weighted by molar-refractivity contribution is 6.07. The van der Waals surface area contributed by atoms with Crippen molar-refractivity contribution < 1.29 is 0 Å². The zero-order valence-electron chi connectivity index (χ0n) is 50.7. The molecule has 2 aliphatic carbocycles. The minimum atomic E-state index is -0.562. The molecule has 0 unspecified atom stereocenters. The van der Waals surface area contributed by atoms with Gasteiger partial charge in [0.15, 0.2) is 0 Å². The first kappa shape index (κ1) is 54.3. The van der Waals surface area contributed by atoms with Crippen LogP contribution in [0.4, 0.5) is 34.1 Å². The van der Waals surface area contributed by atoms with E-state index in [1.54, 1.807) is 0 Å². The lowest BCUT2D eigenvalue weighted by Crippen LogP contribution is -2.28. The number of hydrogen-bond acceptors (Lipinski definition) is 2. The molecule has 432 valence electrons. The van der Waals surface area contributed by atoms with Gasteiger partial charge >= 0.3 is 0 Å². The fourth-order valence-corrected chi connectivity index (χ4v) is 15.4. The summed E-state index contributed by atoms with van der Waals surface area (Å²) in [5.74, 6) is 0. The van der Waals surface area contributed by atoms with Crippen molar-refractivity contribution in [1.29, 1.82) is 0 Å². The Morgan fingerprint density at radius 2 is 0.467 bits per heavy atom. The fourth-order valence-electron chi connectivity index (χ4n) is 15.4. The topological polar surface area (TPSA) is 6.48 Å². The summed E-state index contributed by atoms with van der Waals surface area (Å²) in [5, 5.41) is 2.33. The van der Waals surface area contributed by atoms with Gasteiger partial charge in [0.2, 0.25) is 0 Å². The van der Waals surface area contributed by atoms with E-state index in [-0.39, 0.29) is 0 Å². The molecule has 2 aliphatic rings. The second kappa shape index (κ2) is 22.6. The molecule has 0 fully saturated rings. The molecule has 15 aromatic rings. The molecule has 0 aliphatic heterocycles. The minimum absolute atomic E-state index is 0.549. The Morgan fingerprint density at radius 3 is 0.891 bits per heavy atom. The second-order valence-electron chi connectivity index (χ2n) is 24.2. The van der Waals surface area contributed by atoms with Gasteiger partial charge in [0, 0.05) is 33.8 Å². The molecule has 0 atom stereocenters. The average molecular weight is 1170 g/mol. The molecule has 2 nitrogen and oxygen atoms in total. The van der Waals surface area contributed by atoms with Crippen LogP contribution in [0.15, 0.2) is 376 Å². The van der Waals surface area contributed by atoms with Gasteiger partial charge < -0.3 is 9.80 Å². The maximum atomic E-state index is 2.48. The van der Waals surface area contributed by atoms with Crippen LogP contribution in [-0.2, 0) is 10.8 Å². The van der Waals surface area contributed by atoms with Crippen molar-refractivity contribution in [3.05, 3.63) is 421 Å². The SMILES string of the molecule is c1ccc(-c2ccc(N(c3ccc(-c4ccc(N(c5ccc(-c6ccccc6)cc5)c5ccc6c(c5)C(c5ccccc5)(c5ccccc5)c5ccccc5-6)c5ccccc45)cc3)c3ccc4c(c3)C(c3ccccc3)(c3ccccc3)c3ccccc3-4)cc2)cc1. The van der Waals surface area contributed by atoms with Crippen LogP contribution in [0, 0.1) is 0 Å². The van der Waals surface area contributed by atoms with Gasteiger partial charge in [-0.3, -0.25) is 0 Å². The van der Waals surface area contributed by atoms with Gasteiger partial charge in [-0.25, -0.2) is 0 Å². The number of rotatable bonds is 13. The lowest BCUT2D eigenvalue weighted by Gasteiger charge is -2.35. The predicted molar refractivity (Wildman–Crippen MR) is 384 cm³/mol. The highest BCUT2D eigenvalue weighted by Gasteiger charge is 2.48. The summed E-state index contributed by atoms with van der Waals surface area (Å²) in [5.41, 5.74) is 27.5. The van der Waals surface area contributed by atoms with Crippen LogP contribution in [0.1, 0.15) is 44.5 Å². The number of nitrogens with zero attached hydrogens (tertiary/aromatic N) is 2. The Morgan fingerprint density at radius 1 is 0.174 bits per heavy atom. The second-order valence-corrected chi connectivity index (χ2v) is 24.2. The Kier molecular flexibility index (Phi) is 13.4. The van der Waals surface area contributed by atoms with E-state index in [4.69, 9.17) is 0 Å². The number of hydrogen-bond donors (Lipinski definition) is 0. The van der Waals surface area contributed by atoms with Crippen LogP contribution in [0.5, 0.6) is 0 Å². The van der Waals surface area contributed by atoms with Crippen molar-refractivity contribution in [2.24, 2.45) is 0 Å². The highest BCUT2D eigenvalue weighted by Crippen LogP contribution is 2.59. The first-order chi connectivity index (χ1) is 45.6. The third-order valence-electron chi connectivity index (χ3n) is 19.4. The van der Waals surface area contributed by atoms with E-state index in [0.717, 1.165) is 50.6 Å². The van der Waals surface area contributed by atoms with Gasteiger partial charge in [0.1, 0.15) is 0 Å². The average Bonchev–Trinajstić information content (AvgIpc) is 1.54. The van der Waals surface area contributed by atoms with Crippen LogP contribution in [0.2, 0.25) is 0 Å². The molecule has 17 rings (SSSR count). The van der Waals surface area contributed by atoms with E-state index in [2.05, 4.69) is 386 Å². The monoisotopic (exact) mass is 1170 g/mol. The van der Waals surface area contributed by atoms with Crippen LogP contribution < -0.4 is 9.80 Å². The van der Waals surface area contributed by atoms with E-state index in [1.807, 2.05) is 0 Å². The lowest BCUT2D eigenvalue weighted by atomic mass is 9.67. The molecule has 0 heterocycles. The molecule has 15 aromatic carbocycles. The number of benzene rings is 15. The molecule has 0 saturated carbocycles. The molecule has 0 saturated heterocycles. The van der Waals surface area contributed by atoms with Crippen LogP contribution >= 0.6 is 0 Å². The van der Waals surface area contributed by atoms with E-state index >= 15 is 0 Å². The first-order valence-electron chi connectivity index (χ1n) is 31.9. The third kappa shape index (κ3) is 8.78. The number of fused-ring (bicyclic) bond motifs is 7. The van der Waals surface area contributed by atoms with Gasteiger partial charge in [-0.05, 0) is 172 Å². The standard InChI is InChI=1S/C90H62N2/c1-7-25-63(26-8-1)65-43-49-72(50-44-65)91(75-55-57-81-79-38-21-23-41-84(79)89(86(81)61-75,68-29-11-3-12-30-68)69-31-13-4-14-32-69)73-53-47-67(48-54-73)77-59-60-88(83-40-20-19-37-78(77)83)92(74-51-45-66(46-52-74)64-27-9-2-10-28-64)76-56-58-82-80-39-22-24-42-85(80)90(87(82)62-76,70-33-15-5-16-34-70)71-35-17-6-18-36-71/h1-62H. The smallest absolute Gasteiger partial charge is 0.0714 e. The van der Waals surface area contributed by atoms with Gasteiger partial charge in [-0.15, -0.1) is 0 Å². The summed E-state index contributed by atoms with van der Waals surface area (Å²) >= 11 is 0. The first-order valence-corrected chi connectivity index (χ1v) is 31.9. The Hall–Kier alpha value is -11.8. The molecule has 0 N–H and O–H groups in total. The van der Waals surface area contributed by atoms with Crippen molar-refractivity contribution >= 4 is 44.9 Å². The van der Waals surface area contributed by atoms with Gasteiger partial charge in [-0.2, -0.15) is 0 Å². The molecular formula is C90H62N2. The molecule has 2 heteroatoms. The quantitative estimate of drug-likeness (QED) is 0.114. The predicted octanol–water partition coefficient (Wildman–Crippen LogP) is 23.5. The third-order valence-corrected chi connectivity index (χ3v) is 19.4. The van der Waals surface area contributed by atoms with Gasteiger partial charge in [-0.1, -0.05) is 309 Å². The van der Waals surface area contributed by atoms with Crippen molar-refractivity contribution in [3.63, 3.8) is 0 Å². The normalized spacial score (nSPS) is 13.0. The zero-order chi connectivity index (χ0) is 61.0. The molecular weight excluding hydrogens is 1110 g/mol. The lowest BCUT2D eigenvalue weighted by molar-refractivity contribution is 0.768. The highest BCUT2D eigenvalue weighted by atomic mass is 15.1. The molecule has 0 aromatic heterocycles. The van der Waals surface area contributed by atoms with E-state index in [1.165, 1.54) is 94.4 Å². The maximum absolute atomic E-state index is 2.48. The molecule has 0 bridgehead atoms. The van der Waals surface area contributed by atoms with E-state index in [9.17, 15) is 0 Å². The van der Waals surface area contributed by atoms with Crippen LogP contribution in [0.3, 0.4) is 0 Å². The van der Waals surface area contributed by atoms with E-state index < -0.39 is 10.8 Å². The Balaban J connectivity index is 0.813. The summed E-state index contributed by atoms with van der Waals surface area (Å²) < 4.78 is 0. The van der Waals surface area contributed by atoms with Gasteiger partial charge in [0.25, 0.3) is 0 Å². The fraction of sp³-hybridized carbons (Fsp3) is 0.0222. The molecule has 0 amide bonds. The summed E-state index contributed by atoms with van der Waals surface area (Å²) in [7, 11) is 0. The molecule has 92 heavy (non-hydrogen) atoms. The molecule has 0 radical (unpaired) electrons. The van der Waals surface area contributed by atoms with Crippen LogP contribution in [-0.4, -0.2) is 0 Å². The summed E-state index contributed by atoms with van der Waals surface area (Å²) in [6, 6.07) is 139. The Bertz CT molecular complexity index is 5090.